The Kier molecular flexibility index (Phi) is 36.4. The summed E-state index contributed by atoms with van der Waals surface area (Å²) < 4.78 is 32.6. The number of phosphoric acid groups is 1. The topological polar surface area (TPSA) is 134 Å². The molecule has 0 rings (SSSR count). The predicted molar refractivity (Wildman–Crippen MR) is 219 cm³/mol. The van der Waals surface area contributed by atoms with Crippen LogP contribution in [0, 0.1) is 0 Å². The van der Waals surface area contributed by atoms with Gasteiger partial charge in [-0.15, -0.1) is 0 Å². The fourth-order valence-electron chi connectivity index (χ4n) is 4.62. The molecule has 0 aromatic heterocycles. The largest absolute Gasteiger partial charge is 0.472 e. The molecule has 9 nitrogen and oxygen atoms in total. The number of phosphoric ester groups is 1. The van der Waals surface area contributed by atoms with Crippen LogP contribution in [0.1, 0.15) is 129 Å². The van der Waals surface area contributed by atoms with Gasteiger partial charge >= 0.3 is 19.8 Å². The maximum Gasteiger partial charge on any atom is 0.472 e. The van der Waals surface area contributed by atoms with Gasteiger partial charge in [0.05, 0.1) is 13.2 Å². The minimum absolute atomic E-state index is 0.0360. The highest BCUT2D eigenvalue weighted by Gasteiger charge is 2.25. The van der Waals surface area contributed by atoms with Gasteiger partial charge in [0.25, 0.3) is 0 Å². The standard InChI is InChI=1S/C43H70NO8P/c1-3-5-7-9-11-13-15-17-19-20-22-24-26-28-30-32-34-36-43(46)52-41(40-51-53(47,48)50-38-37-44)39-49-42(45)35-33-31-29-27-25-23-21-18-16-14-12-10-8-6-4-2/h5-8,11-14,17-19,21-22,24,28,30,41H,3-4,9-10,15-16,20,23,25-27,29,31-40,44H2,1-2H3,(H,47,48)/t41-/m1/s1. The maximum absolute atomic E-state index is 12.5. The first-order valence-corrected chi connectivity index (χ1v) is 21.2. The number of carbonyl (C=O) groups is 2. The zero-order valence-corrected chi connectivity index (χ0v) is 33.6. The van der Waals surface area contributed by atoms with Crippen molar-refractivity contribution in [1.82, 2.24) is 0 Å². The third kappa shape index (κ3) is 38.5. The third-order valence-electron chi connectivity index (χ3n) is 7.47. The van der Waals surface area contributed by atoms with Gasteiger partial charge < -0.3 is 20.1 Å². The fraction of sp³-hybridized carbons (Fsp3) is 0.581. The summed E-state index contributed by atoms with van der Waals surface area (Å²) in [5.41, 5.74) is 5.33. The van der Waals surface area contributed by atoms with Crippen molar-refractivity contribution in [3.63, 3.8) is 0 Å². The molecule has 0 aromatic carbocycles. The van der Waals surface area contributed by atoms with E-state index in [0.717, 1.165) is 83.5 Å². The molecule has 0 bridgehead atoms. The monoisotopic (exact) mass is 759 g/mol. The van der Waals surface area contributed by atoms with Crippen LogP contribution in [0.15, 0.2) is 97.2 Å². The smallest absolute Gasteiger partial charge is 0.462 e. The Morgan fingerprint density at radius 3 is 1.51 bits per heavy atom. The van der Waals surface area contributed by atoms with Crippen LogP contribution in [0.3, 0.4) is 0 Å². The van der Waals surface area contributed by atoms with Crippen molar-refractivity contribution in [2.45, 2.75) is 136 Å². The van der Waals surface area contributed by atoms with Gasteiger partial charge in [-0.05, 0) is 83.5 Å². The lowest BCUT2D eigenvalue weighted by Gasteiger charge is -2.19. The molecule has 0 fully saturated rings. The van der Waals surface area contributed by atoms with E-state index in [2.05, 4.69) is 105 Å². The highest BCUT2D eigenvalue weighted by atomic mass is 31.2. The van der Waals surface area contributed by atoms with Crippen molar-refractivity contribution in [2.24, 2.45) is 5.73 Å². The van der Waals surface area contributed by atoms with E-state index < -0.39 is 32.5 Å². The highest BCUT2D eigenvalue weighted by molar-refractivity contribution is 7.47. The van der Waals surface area contributed by atoms with Gasteiger partial charge in [0, 0.05) is 19.4 Å². The molecule has 0 aliphatic heterocycles. The highest BCUT2D eigenvalue weighted by Crippen LogP contribution is 2.43. The van der Waals surface area contributed by atoms with E-state index in [1.54, 1.807) is 0 Å². The van der Waals surface area contributed by atoms with Crippen LogP contribution in [0.5, 0.6) is 0 Å². The summed E-state index contributed by atoms with van der Waals surface area (Å²) in [7, 11) is -4.40. The summed E-state index contributed by atoms with van der Waals surface area (Å²) in [6.45, 7) is 3.38. The minimum Gasteiger partial charge on any atom is -0.462 e. The Morgan fingerprint density at radius 1 is 0.566 bits per heavy atom. The summed E-state index contributed by atoms with van der Waals surface area (Å²) in [5, 5.41) is 0. The molecule has 0 aromatic rings. The van der Waals surface area contributed by atoms with Gasteiger partial charge in [-0.3, -0.25) is 18.6 Å². The van der Waals surface area contributed by atoms with Crippen molar-refractivity contribution < 1.29 is 37.6 Å². The molecule has 53 heavy (non-hydrogen) atoms. The van der Waals surface area contributed by atoms with Crippen LogP contribution < -0.4 is 5.73 Å². The first kappa shape index (κ1) is 49.9. The Labute approximate surface area is 321 Å². The first-order valence-electron chi connectivity index (χ1n) is 19.7. The second-order valence-corrected chi connectivity index (χ2v) is 13.8. The van der Waals surface area contributed by atoms with E-state index in [-0.39, 0.29) is 32.6 Å². The van der Waals surface area contributed by atoms with Gasteiger partial charge in [0.1, 0.15) is 6.61 Å². The number of nitrogens with two attached hydrogens (primary N) is 1. The molecular formula is C43H70NO8P. The number of allylic oxidation sites excluding steroid dienone is 16. The predicted octanol–water partition coefficient (Wildman–Crippen LogP) is 11.0. The zero-order chi connectivity index (χ0) is 38.9. The average Bonchev–Trinajstić information content (AvgIpc) is 3.14. The summed E-state index contributed by atoms with van der Waals surface area (Å²) in [6, 6.07) is 0. The van der Waals surface area contributed by atoms with Gasteiger partial charge in [0.15, 0.2) is 6.10 Å². The molecule has 0 saturated heterocycles. The average molecular weight is 760 g/mol. The molecule has 2 atom stereocenters. The molecule has 0 radical (unpaired) electrons. The molecule has 10 heteroatoms. The molecule has 3 N–H and O–H groups in total. The molecule has 0 aliphatic carbocycles. The number of hydrogen-bond acceptors (Lipinski definition) is 8. The zero-order valence-electron chi connectivity index (χ0n) is 32.7. The van der Waals surface area contributed by atoms with Crippen LogP contribution in [0.25, 0.3) is 0 Å². The summed E-state index contributed by atoms with van der Waals surface area (Å²) in [5.74, 6) is -0.930. The quantitative estimate of drug-likeness (QED) is 0.0280. The molecular weight excluding hydrogens is 689 g/mol. The van der Waals surface area contributed by atoms with Gasteiger partial charge in [-0.25, -0.2) is 4.57 Å². The van der Waals surface area contributed by atoms with E-state index in [1.807, 2.05) is 6.08 Å². The van der Waals surface area contributed by atoms with Crippen LogP contribution in [-0.2, 0) is 32.7 Å². The molecule has 0 spiro atoms. The Bertz CT molecular complexity index is 1180. The first-order chi connectivity index (χ1) is 25.8. The van der Waals surface area contributed by atoms with E-state index in [0.29, 0.717) is 19.3 Å². The van der Waals surface area contributed by atoms with E-state index in [1.165, 1.54) is 0 Å². The number of hydrogen-bond donors (Lipinski definition) is 2. The molecule has 0 amide bonds. The van der Waals surface area contributed by atoms with Crippen molar-refractivity contribution in [3.8, 4) is 0 Å². The van der Waals surface area contributed by atoms with Crippen molar-refractivity contribution >= 4 is 19.8 Å². The second-order valence-electron chi connectivity index (χ2n) is 12.4. The SMILES string of the molecule is CCC=CCC=CCC=CCC=CCC=CCCCC(=O)O[C@H](COC(=O)CCCCCCCC=CCC=CCC=CCC)COP(=O)(O)OCCN. The van der Waals surface area contributed by atoms with Gasteiger partial charge in [-0.2, -0.15) is 0 Å². The lowest BCUT2D eigenvalue weighted by Crippen LogP contribution is -2.29. The van der Waals surface area contributed by atoms with Crippen LogP contribution in [-0.4, -0.2) is 49.3 Å². The number of esters is 2. The van der Waals surface area contributed by atoms with Gasteiger partial charge in [0.2, 0.25) is 0 Å². The molecule has 0 aliphatic rings. The molecule has 0 saturated carbocycles. The van der Waals surface area contributed by atoms with Gasteiger partial charge in [-0.1, -0.05) is 130 Å². The number of carbonyl (C=O) groups excluding carboxylic acids is 2. The van der Waals surface area contributed by atoms with Crippen LogP contribution in [0.4, 0.5) is 0 Å². The lowest BCUT2D eigenvalue weighted by molar-refractivity contribution is -0.161. The van der Waals surface area contributed by atoms with E-state index in [9.17, 15) is 19.0 Å². The van der Waals surface area contributed by atoms with Crippen LogP contribution >= 0.6 is 7.82 Å². The molecule has 300 valence electrons. The normalized spacial score (nSPS) is 14.4. The Balaban J connectivity index is 4.36. The number of ether oxygens (including phenoxy) is 2. The minimum atomic E-state index is -4.40. The Morgan fingerprint density at radius 2 is 1.00 bits per heavy atom. The number of unbranched alkanes of at least 4 members (excludes halogenated alkanes) is 6. The summed E-state index contributed by atoms with van der Waals surface area (Å²) in [6.07, 6.45) is 48.7. The van der Waals surface area contributed by atoms with E-state index >= 15 is 0 Å². The third-order valence-corrected chi connectivity index (χ3v) is 8.45. The molecule has 1 unspecified atom stereocenters. The summed E-state index contributed by atoms with van der Waals surface area (Å²) >= 11 is 0. The van der Waals surface area contributed by atoms with E-state index in [4.69, 9.17) is 24.3 Å². The van der Waals surface area contributed by atoms with Crippen LogP contribution in [0.2, 0.25) is 0 Å². The van der Waals surface area contributed by atoms with Crippen molar-refractivity contribution in [1.29, 1.82) is 0 Å². The second kappa shape index (κ2) is 38.6. The fourth-order valence-corrected chi connectivity index (χ4v) is 5.39. The molecule has 0 heterocycles. The van der Waals surface area contributed by atoms with Crippen molar-refractivity contribution in [3.05, 3.63) is 97.2 Å². The Hall–Kier alpha value is -3.07. The number of rotatable bonds is 35. The maximum atomic E-state index is 12.5. The van der Waals surface area contributed by atoms with Crippen molar-refractivity contribution in [2.75, 3.05) is 26.4 Å². The lowest BCUT2D eigenvalue weighted by atomic mass is 10.1. The summed E-state index contributed by atoms with van der Waals surface area (Å²) in [4.78, 5) is 34.8.